The first-order valence-electron chi connectivity index (χ1n) is 20.1. The number of amides is 4. The van der Waals surface area contributed by atoms with Crippen LogP contribution in [0.4, 0.5) is 0 Å². The number of carbonyl (C=O) groups excluding carboxylic acids is 6. The molecule has 0 aromatic heterocycles. The van der Waals surface area contributed by atoms with Crippen molar-refractivity contribution in [1.82, 2.24) is 10.0 Å². The van der Waals surface area contributed by atoms with Crippen LogP contribution in [-0.2, 0) is 41.9 Å². The van der Waals surface area contributed by atoms with Crippen LogP contribution in [0.5, 0.6) is 11.5 Å². The molecule has 1 fully saturated rings. The number of carbonyl (C=O) groups is 6. The van der Waals surface area contributed by atoms with Gasteiger partial charge in [-0.3, -0.25) is 28.8 Å². The van der Waals surface area contributed by atoms with E-state index in [1.54, 1.807) is 0 Å². The molecule has 12 nitrogen and oxygen atoms in total. The topological polar surface area (TPSA) is 179 Å². The molecule has 4 amide bonds. The zero-order chi connectivity index (χ0) is 43.1. The van der Waals surface area contributed by atoms with Gasteiger partial charge in [-0.25, -0.2) is 10.0 Å². The molecule has 0 saturated carbocycles. The van der Waals surface area contributed by atoms with Crippen molar-refractivity contribution in [2.24, 2.45) is 23.3 Å². The van der Waals surface area contributed by atoms with E-state index in [-0.39, 0.29) is 34.4 Å². The molecule has 3 heterocycles. The van der Waals surface area contributed by atoms with Crippen LogP contribution < -0.4 is 20.9 Å². The lowest BCUT2D eigenvalue weighted by molar-refractivity contribution is -0.149. The molecule has 16 heteroatoms. The number of ether oxygens (including phenoxy) is 2. The van der Waals surface area contributed by atoms with Gasteiger partial charge in [-0.1, -0.05) is 161 Å². The van der Waals surface area contributed by atoms with E-state index in [1.165, 1.54) is 10.0 Å². The maximum absolute atomic E-state index is 14.6. The average molecular weight is 889 g/mol. The molecule has 0 bridgehead atoms. The standard InChI is InChI=1S/C44H48N4O8S4/c1-5-9-21-27(7-3)41(53)55-31-33-34(58-43(57-33)29(37(45)49)38(46)50)32(56-42(54)28(8-4)22-10-6-2)36-35(31)59-44(60-36)30-39(51)47(23-25-17-13-11-14-18-25)48(40(30)52)24-26-19-15-12-16-20-26/h11-20,27-28H,5-10,21-24H2,1-4H3,(H2,45,49)(H2,46,50). The Morgan fingerprint density at radius 1 is 0.600 bits per heavy atom. The number of fused-ring (bicyclic) bond motifs is 2. The second kappa shape index (κ2) is 20.3. The van der Waals surface area contributed by atoms with Crippen LogP contribution in [-0.4, -0.2) is 45.6 Å². The Morgan fingerprint density at radius 3 is 1.33 bits per heavy atom. The minimum Gasteiger partial charge on any atom is -0.424 e. The van der Waals surface area contributed by atoms with Gasteiger partial charge in [0.15, 0.2) is 11.5 Å². The first-order valence-corrected chi connectivity index (χ1v) is 23.4. The van der Waals surface area contributed by atoms with Gasteiger partial charge in [0, 0.05) is 0 Å². The summed E-state index contributed by atoms with van der Waals surface area (Å²) in [6, 6.07) is 18.8. The third-order valence-corrected chi connectivity index (χ3v) is 15.5. The monoisotopic (exact) mass is 888 g/mol. The number of nitrogens with two attached hydrogens (primary N) is 2. The zero-order valence-corrected chi connectivity index (χ0v) is 37.2. The number of hydrogen-bond donors (Lipinski definition) is 2. The Bertz CT molecular complexity index is 2100. The smallest absolute Gasteiger partial charge is 0.314 e. The first kappa shape index (κ1) is 44.9. The van der Waals surface area contributed by atoms with Gasteiger partial charge in [0.25, 0.3) is 23.6 Å². The first-order chi connectivity index (χ1) is 28.9. The van der Waals surface area contributed by atoms with Gasteiger partial charge in [-0.2, -0.15) is 0 Å². The number of benzene rings is 3. The third-order valence-electron chi connectivity index (χ3n) is 10.3. The number of unbranched alkanes of at least 4 members (excludes halogenated alkanes) is 2. The Balaban J connectivity index is 1.53. The SMILES string of the molecule is CCCCC(CC)C(=O)Oc1c2c(c(OC(=O)C(CC)CCCC)c3c1SC(=C1C(=O)N(Cc4ccccc4)N(Cc4ccccc4)C1=O)S3)SC(=C(C(N)=O)C(N)=O)S2. The van der Waals surface area contributed by atoms with Crippen molar-refractivity contribution in [3.8, 4) is 11.5 Å². The summed E-state index contributed by atoms with van der Waals surface area (Å²) in [4.78, 5) is 83.7. The second-order valence-electron chi connectivity index (χ2n) is 14.5. The summed E-state index contributed by atoms with van der Waals surface area (Å²) in [6.07, 6.45) is 5.59. The minimum atomic E-state index is -1.04. The molecule has 0 aliphatic carbocycles. The number of primary amides is 2. The highest BCUT2D eigenvalue weighted by atomic mass is 32.2. The van der Waals surface area contributed by atoms with E-state index < -0.39 is 53.0 Å². The van der Waals surface area contributed by atoms with E-state index in [0.29, 0.717) is 49.5 Å². The maximum Gasteiger partial charge on any atom is 0.314 e. The Morgan fingerprint density at radius 2 is 0.983 bits per heavy atom. The summed E-state index contributed by atoms with van der Waals surface area (Å²) in [6.45, 7) is 8.16. The quantitative estimate of drug-likeness (QED) is 0.0409. The number of hydrogen-bond acceptors (Lipinski definition) is 12. The summed E-state index contributed by atoms with van der Waals surface area (Å²) in [5, 5.41) is 2.88. The summed E-state index contributed by atoms with van der Waals surface area (Å²) in [5.41, 5.74) is 12.4. The second-order valence-corrected chi connectivity index (χ2v) is 19.1. The summed E-state index contributed by atoms with van der Waals surface area (Å²) in [5.74, 6) is -4.74. The molecular formula is C44H48N4O8S4. The fourth-order valence-electron chi connectivity index (χ4n) is 6.93. The Labute approximate surface area is 366 Å². The predicted molar refractivity (Wildman–Crippen MR) is 234 cm³/mol. The van der Waals surface area contributed by atoms with Crippen LogP contribution >= 0.6 is 47.0 Å². The van der Waals surface area contributed by atoms with Crippen molar-refractivity contribution in [2.45, 2.75) is 112 Å². The number of thioether (sulfide) groups is 4. The lowest BCUT2D eigenvalue weighted by Crippen LogP contribution is -2.39. The van der Waals surface area contributed by atoms with E-state index >= 15 is 0 Å². The molecule has 60 heavy (non-hydrogen) atoms. The highest BCUT2D eigenvalue weighted by Gasteiger charge is 2.47. The Kier molecular flexibility index (Phi) is 15.2. The van der Waals surface area contributed by atoms with Crippen LogP contribution in [0.15, 0.2) is 99.9 Å². The molecule has 2 unspecified atom stereocenters. The minimum absolute atomic E-state index is 0.0721. The van der Waals surface area contributed by atoms with Gasteiger partial charge in [0.2, 0.25) is 0 Å². The van der Waals surface area contributed by atoms with Crippen LogP contribution in [0.25, 0.3) is 0 Å². The summed E-state index contributed by atoms with van der Waals surface area (Å²) in [7, 11) is 0. The van der Waals surface area contributed by atoms with E-state index in [2.05, 4.69) is 0 Å². The highest BCUT2D eigenvalue weighted by molar-refractivity contribution is 8.26. The van der Waals surface area contributed by atoms with Crippen LogP contribution in [0.2, 0.25) is 0 Å². The van der Waals surface area contributed by atoms with Gasteiger partial charge >= 0.3 is 11.9 Å². The molecule has 0 radical (unpaired) electrons. The molecular weight excluding hydrogens is 841 g/mol. The zero-order valence-electron chi connectivity index (χ0n) is 33.9. The third kappa shape index (κ3) is 9.61. The number of rotatable bonds is 18. The lowest BCUT2D eigenvalue weighted by atomic mass is 10.00. The molecule has 6 rings (SSSR count). The fraction of sp³-hybridized carbons (Fsp3) is 0.364. The summed E-state index contributed by atoms with van der Waals surface area (Å²) < 4.78 is 13.1. The molecule has 3 aliphatic rings. The van der Waals surface area contributed by atoms with Crippen molar-refractivity contribution >= 4 is 82.6 Å². The number of esters is 2. The van der Waals surface area contributed by atoms with Crippen molar-refractivity contribution in [1.29, 1.82) is 0 Å². The van der Waals surface area contributed by atoms with Gasteiger partial charge in [-0.05, 0) is 36.8 Å². The predicted octanol–water partition coefficient (Wildman–Crippen LogP) is 8.71. The van der Waals surface area contributed by atoms with Gasteiger partial charge in [0.1, 0.15) is 11.1 Å². The molecule has 3 aromatic rings. The van der Waals surface area contributed by atoms with Gasteiger partial charge in [-0.15, -0.1) is 0 Å². The van der Waals surface area contributed by atoms with Crippen LogP contribution in [0.3, 0.4) is 0 Å². The largest absolute Gasteiger partial charge is 0.424 e. The lowest BCUT2D eigenvalue weighted by Gasteiger charge is -2.27. The van der Waals surface area contributed by atoms with Crippen molar-refractivity contribution in [3.63, 3.8) is 0 Å². The van der Waals surface area contributed by atoms with Crippen molar-refractivity contribution in [2.75, 3.05) is 0 Å². The molecule has 316 valence electrons. The Hall–Kier alpha value is -4.64. The summed E-state index contributed by atoms with van der Waals surface area (Å²) >= 11 is 4.08. The highest BCUT2D eigenvalue weighted by Crippen LogP contribution is 2.69. The maximum atomic E-state index is 14.6. The fourth-order valence-corrected chi connectivity index (χ4v) is 12.5. The average Bonchev–Trinajstić information content (AvgIpc) is 3.92. The van der Waals surface area contributed by atoms with E-state index in [1.807, 2.05) is 88.4 Å². The molecule has 4 N–H and O–H groups in total. The van der Waals surface area contributed by atoms with E-state index in [9.17, 15) is 28.8 Å². The van der Waals surface area contributed by atoms with Crippen molar-refractivity contribution in [3.05, 3.63) is 91.4 Å². The van der Waals surface area contributed by atoms with E-state index in [4.69, 9.17) is 20.9 Å². The van der Waals surface area contributed by atoms with E-state index in [0.717, 1.165) is 83.9 Å². The van der Waals surface area contributed by atoms with Gasteiger partial charge in [0.05, 0.1) is 53.0 Å². The molecule has 3 aliphatic heterocycles. The van der Waals surface area contributed by atoms with Crippen LogP contribution in [0, 0.1) is 11.8 Å². The number of nitrogens with zero attached hydrogens (tertiary/aromatic N) is 2. The normalized spacial score (nSPS) is 15.6. The van der Waals surface area contributed by atoms with Crippen LogP contribution in [0.1, 0.15) is 90.2 Å². The molecule has 3 aromatic carbocycles. The molecule has 2 atom stereocenters. The molecule has 1 saturated heterocycles. The van der Waals surface area contributed by atoms with Gasteiger partial charge < -0.3 is 20.9 Å². The van der Waals surface area contributed by atoms with Crippen molar-refractivity contribution < 1.29 is 38.2 Å². The molecule has 0 spiro atoms. The number of hydrazine groups is 1.